The van der Waals surface area contributed by atoms with Crippen LogP contribution in [0.25, 0.3) is 137 Å². The lowest BCUT2D eigenvalue weighted by Gasteiger charge is -2.20. The lowest BCUT2D eigenvalue weighted by Crippen LogP contribution is -1.99. The van der Waals surface area contributed by atoms with Crippen molar-refractivity contribution in [3.05, 3.63) is 237 Å². The molecule has 0 saturated carbocycles. The van der Waals surface area contributed by atoms with Crippen LogP contribution in [0.2, 0.25) is 0 Å². The molecule has 66 heavy (non-hydrogen) atoms. The molecular formula is C64H39NO. The molecule has 0 aliphatic heterocycles. The smallest absolute Gasteiger partial charge is 0.136 e. The zero-order chi connectivity index (χ0) is 43.3. The Morgan fingerprint density at radius 3 is 1.36 bits per heavy atom. The van der Waals surface area contributed by atoms with E-state index in [-0.39, 0.29) is 0 Å². The number of furan rings is 1. The third-order valence-corrected chi connectivity index (χ3v) is 14.0. The highest BCUT2D eigenvalue weighted by molar-refractivity contribution is 6.26. The van der Waals surface area contributed by atoms with Gasteiger partial charge in [0, 0.05) is 32.3 Å². The van der Waals surface area contributed by atoms with E-state index < -0.39 is 0 Å². The molecule has 0 bridgehead atoms. The van der Waals surface area contributed by atoms with E-state index in [0.29, 0.717) is 0 Å². The Hall–Kier alpha value is -8.72. The first-order valence-corrected chi connectivity index (χ1v) is 22.8. The maximum Gasteiger partial charge on any atom is 0.136 e. The van der Waals surface area contributed by atoms with Crippen molar-refractivity contribution in [2.45, 2.75) is 0 Å². The van der Waals surface area contributed by atoms with E-state index in [2.05, 4.69) is 241 Å². The predicted octanol–water partition coefficient (Wildman–Crippen LogP) is 18.0. The molecule has 12 aromatic carbocycles. The average molecular weight is 838 g/mol. The number of para-hydroxylation sites is 1. The summed E-state index contributed by atoms with van der Waals surface area (Å²) in [4.78, 5) is 0. The molecule has 14 rings (SSSR count). The molecule has 0 amide bonds. The fourth-order valence-electron chi connectivity index (χ4n) is 11.2. The third kappa shape index (κ3) is 5.36. The average Bonchev–Trinajstić information content (AvgIpc) is 3.93. The highest BCUT2D eigenvalue weighted by Crippen LogP contribution is 2.49. The minimum absolute atomic E-state index is 0.876. The molecule has 0 unspecified atom stereocenters. The second kappa shape index (κ2) is 14.4. The molecule has 0 atom stereocenters. The van der Waals surface area contributed by atoms with Gasteiger partial charge in [-0.25, -0.2) is 0 Å². The highest BCUT2D eigenvalue weighted by atomic mass is 16.3. The maximum absolute atomic E-state index is 6.93. The van der Waals surface area contributed by atoms with Crippen molar-refractivity contribution < 1.29 is 4.42 Å². The summed E-state index contributed by atoms with van der Waals surface area (Å²) in [5, 5.41) is 14.4. The summed E-state index contributed by atoms with van der Waals surface area (Å²) < 4.78 is 9.44. The van der Waals surface area contributed by atoms with Gasteiger partial charge in [-0.1, -0.05) is 200 Å². The van der Waals surface area contributed by atoms with Gasteiger partial charge in [0.05, 0.1) is 16.7 Å². The summed E-state index contributed by atoms with van der Waals surface area (Å²) in [6, 6.07) is 86.3. The van der Waals surface area contributed by atoms with Crippen molar-refractivity contribution in [1.82, 2.24) is 4.57 Å². The second-order valence-electron chi connectivity index (χ2n) is 17.5. The van der Waals surface area contributed by atoms with Crippen molar-refractivity contribution in [3.8, 4) is 50.2 Å². The SMILES string of the molecule is c1ccc(-c2ccc3c(c2)c2ccccc2n3-c2c3ccccc3c(-c3cccc4oc5cc(-c6c7ccccc7c(-c7ccccc7)c7ccccc67)ccc5c34)c3ccccc23)cc1. The molecule has 0 fully saturated rings. The Morgan fingerprint density at radius 2 is 0.742 bits per heavy atom. The van der Waals surface area contributed by atoms with Crippen LogP contribution in [0.1, 0.15) is 0 Å². The summed E-state index contributed by atoms with van der Waals surface area (Å²) in [7, 11) is 0. The molecule has 0 saturated heterocycles. The van der Waals surface area contributed by atoms with Crippen molar-refractivity contribution in [3.63, 3.8) is 0 Å². The maximum atomic E-state index is 6.93. The monoisotopic (exact) mass is 837 g/mol. The van der Waals surface area contributed by atoms with Crippen LogP contribution in [0.5, 0.6) is 0 Å². The number of benzene rings is 12. The summed E-state index contributed by atoms with van der Waals surface area (Å²) in [6.45, 7) is 0. The van der Waals surface area contributed by atoms with Crippen LogP contribution < -0.4 is 0 Å². The molecule has 0 spiro atoms. The highest BCUT2D eigenvalue weighted by Gasteiger charge is 2.24. The van der Waals surface area contributed by atoms with Crippen LogP contribution in [0.15, 0.2) is 241 Å². The quantitative estimate of drug-likeness (QED) is 0.158. The predicted molar refractivity (Wildman–Crippen MR) is 280 cm³/mol. The van der Waals surface area contributed by atoms with Gasteiger partial charge in [0.25, 0.3) is 0 Å². The second-order valence-corrected chi connectivity index (χ2v) is 17.5. The molecule has 14 aromatic rings. The molecule has 0 N–H and O–H groups in total. The largest absolute Gasteiger partial charge is 0.456 e. The van der Waals surface area contributed by atoms with Crippen molar-refractivity contribution >= 4 is 86.8 Å². The summed E-state index contributed by atoms with van der Waals surface area (Å²) in [5.74, 6) is 0. The van der Waals surface area contributed by atoms with Crippen molar-refractivity contribution in [2.24, 2.45) is 0 Å². The van der Waals surface area contributed by atoms with E-state index in [4.69, 9.17) is 4.42 Å². The first-order chi connectivity index (χ1) is 32.8. The molecule has 0 aliphatic carbocycles. The van der Waals surface area contributed by atoms with E-state index >= 15 is 0 Å². The minimum Gasteiger partial charge on any atom is -0.456 e. The Kier molecular flexibility index (Phi) is 8.02. The molecule has 2 heteroatoms. The molecule has 2 heterocycles. The lowest BCUT2D eigenvalue weighted by molar-refractivity contribution is 0.669. The molecular weight excluding hydrogens is 799 g/mol. The minimum atomic E-state index is 0.876. The summed E-state index contributed by atoms with van der Waals surface area (Å²) >= 11 is 0. The Balaban J connectivity index is 1.01. The number of rotatable bonds is 5. The van der Waals surface area contributed by atoms with E-state index in [0.717, 1.165) is 33.1 Å². The summed E-state index contributed by atoms with van der Waals surface area (Å²) in [6.07, 6.45) is 0. The Bertz CT molecular complexity index is 4160. The van der Waals surface area contributed by atoms with Gasteiger partial charge in [0.1, 0.15) is 11.2 Å². The van der Waals surface area contributed by atoms with Gasteiger partial charge in [0.15, 0.2) is 0 Å². The van der Waals surface area contributed by atoms with Crippen LogP contribution in [0.3, 0.4) is 0 Å². The zero-order valence-electron chi connectivity index (χ0n) is 35.9. The number of aromatic nitrogens is 1. The van der Waals surface area contributed by atoms with Crippen molar-refractivity contribution in [1.29, 1.82) is 0 Å². The van der Waals surface area contributed by atoms with Gasteiger partial charge >= 0.3 is 0 Å². The van der Waals surface area contributed by atoms with E-state index in [1.54, 1.807) is 0 Å². The van der Waals surface area contributed by atoms with Crippen LogP contribution in [0.4, 0.5) is 0 Å². The van der Waals surface area contributed by atoms with E-state index in [1.165, 1.54) is 104 Å². The van der Waals surface area contributed by atoms with Crippen LogP contribution >= 0.6 is 0 Å². The van der Waals surface area contributed by atoms with E-state index in [1.807, 2.05) is 0 Å². The zero-order valence-corrected chi connectivity index (χ0v) is 35.9. The lowest BCUT2D eigenvalue weighted by atomic mass is 9.85. The fourth-order valence-corrected chi connectivity index (χ4v) is 11.2. The first-order valence-electron chi connectivity index (χ1n) is 22.8. The molecule has 2 aromatic heterocycles. The van der Waals surface area contributed by atoms with Gasteiger partial charge < -0.3 is 8.98 Å². The number of hydrogen-bond acceptors (Lipinski definition) is 1. The van der Waals surface area contributed by atoms with Crippen molar-refractivity contribution in [2.75, 3.05) is 0 Å². The van der Waals surface area contributed by atoms with Gasteiger partial charge in [-0.2, -0.15) is 0 Å². The Morgan fingerprint density at radius 1 is 0.258 bits per heavy atom. The standard InChI is InChI=1S/C64H39NO/c1-3-18-40(19-4-1)42-35-37-57-55(38-42)44-22-15-16-32-56(44)65(57)64-51-29-13-11-27-49(51)62(50-28-12-14-30-52(50)64)54-31-17-33-58-63(54)53-36-34-43(39-59(53)66-58)61-47-25-9-7-23-45(47)60(41-20-5-2-6-21-41)46-24-8-10-26-48(46)61/h1-39H. The van der Waals surface area contributed by atoms with Crippen LogP contribution in [-0.4, -0.2) is 4.57 Å². The van der Waals surface area contributed by atoms with Gasteiger partial charge in [0.2, 0.25) is 0 Å². The normalized spacial score (nSPS) is 11.9. The number of hydrogen-bond donors (Lipinski definition) is 0. The summed E-state index contributed by atoms with van der Waals surface area (Å²) in [5.41, 5.74) is 15.0. The number of nitrogens with zero attached hydrogens (tertiary/aromatic N) is 1. The topological polar surface area (TPSA) is 18.1 Å². The third-order valence-electron chi connectivity index (χ3n) is 14.0. The van der Waals surface area contributed by atoms with Gasteiger partial charge in [-0.15, -0.1) is 0 Å². The van der Waals surface area contributed by atoms with Gasteiger partial charge in [-0.3, -0.25) is 0 Å². The molecule has 0 radical (unpaired) electrons. The van der Waals surface area contributed by atoms with E-state index in [9.17, 15) is 0 Å². The Labute approximate surface area is 380 Å². The van der Waals surface area contributed by atoms with Crippen LogP contribution in [-0.2, 0) is 0 Å². The molecule has 0 aliphatic rings. The first kappa shape index (κ1) is 36.7. The molecule has 306 valence electrons. The molecule has 2 nitrogen and oxygen atoms in total. The van der Waals surface area contributed by atoms with Gasteiger partial charge in [-0.05, 0) is 113 Å². The fraction of sp³-hybridized carbons (Fsp3) is 0. The van der Waals surface area contributed by atoms with Crippen LogP contribution in [0, 0.1) is 0 Å². The number of fused-ring (bicyclic) bond motifs is 10.